The van der Waals surface area contributed by atoms with Crippen molar-refractivity contribution in [1.29, 1.82) is 0 Å². The molecule has 1 heterocycles. The van der Waals surface area contributed by atoms with Crippen LogP contribution in [-0.4, -0.2) is 43.9 Å². The summed E-state index contributed by atoms with van der Waals surface area (Å²) in [6.07, 6.45) is 0.902. The second kappa shape index (κ2) is 5.80. The summed E-state index contributed by atoms with van der Waals surface area (Å²) in [6, 6.07) is 0.203. The first-order chi connectivity index (χ1) is 8.41. The number of rotatable bonds is 6. The Morgan fingerprint density at radius 2 is 2.11 bits per heavy atom. The van der Waals surface area contributed by atoms with Gasteiger partial charge < -0.3 is 15.5 Å². The zero-order valence-corrected chi connectivity index (χ0v) is 9.66. The predicted molar refractivity (Wildman–Crippen MR) is 59.0 cm³/mol. The molecule has 0 saturated carbocycles. The Balaban J connectivity index is 2.67. The molecule has 0 bridgehead atoms. The molecule has 1 rings (SSSR count). The van der Waals surface area contributed by atoms with Gasteiger partial charge in [0.1, 0.15) is 11.7 Å². The van der Waals surface area contributed by atoms with Crippen molar-refractivity contribution in [2.24, 2.45) is 7.05 Å². The molecule has 1 unspecified atom stereocenters. The lowest BCUT2D eigenvalue weighted by Gasteiger charge is -2.13. The van der Waals surface area contributed by atoms with Gasteiger partial charge in [-0.25, -0.2) is 4.79 Å². The Kier molecular flexibility index (Phi) is 4.41. The summed E-state index contributed by atoms with van der Waals surface area (Å²) >= 11 is 0. The zero-order valence-electron chi connectivity index (χ0n) is 9.66. The number of nitrogens with one attached hydrogen (secondary N) is 1. The number of hydrogen-bond acceptors (Lipinski definition) is 4. The molecule has 0 aliphatic carbocycles. The van der Waals surface area contributed by atoms with Crippen LogP contribution in [0.2, 0.25) is 0 Å². The van der Waals surface area contributed by atoms with Crippen LogP contribution in [0.15, 0.2) is 12.3 Å². The van der Waals surface area contributed by atoms with Crippen LogP contribution in [0.1, 0.15) is 23.3 Å². The number of carbonyl (C=O) groups excluding carboxylic acids is 1. The van der Waals surface area contributed by atoms with Crippen molar-refractivity contribution in [3.8, 4) is 0 Å². The van der Waals surface area contributed by atoms with Crippen LogP contribution >= 0.6 is 0 Å². The van der Waals surface area contributed by atoms with Gasteiger partial charge in [0.15, 0.2) is 0 Å². The van der Waals surface area contributed by atoms with Crippen molar-refractivity contribution in [2.75, 3.05) is 0 Å². The maximum Gasteiger partial charge on any atom is 0.326 e. The molecule has 1 atom stereocenters. The van der Waals surface area contributed by atoms with E-state index in [4.69, 9.17) is 10.2 Å². The van der Waals surface area contributed by atoms with E-state index < -0.39 is 23.9 Å². The van der Waals surface area contributed by atoms with Crippen molar-refractivity contribution < 1.29 is 24.6 Å². The highest BCUT2D eigenvalue weighted by Gasteiger charge is 2.22. The summed E-state index contributed by atoms with van der Waals surface area (Å²) in [5.74, 6) is -2.99. The quantitative estimate of drug-likeness (QED) is 0.628. The van der Waals surface area contributed by atoms with Crippen LogP contribution in [0.25, 0.3) is 0 Å². The Morgan fingerprint density at radius 1 is 1.44 bits per heavy atom. The van der Waals surface area contributed by atoms with E-state index in [1.54, 1.807) is 7.05 Å². The van der Waals surface area contributed by atoms with E-state index >= 15 is 0 Å². The Bertz CT molecular complexity index is 468. The van der Waals surface area contributed by atoms with E-state index in [-0.39, 0.29) is 18.5 Å². The maximum absolute atomic E-state index is 11.7. The largest absolute Gasteiger partial charge is 0.481 e. The number of carboxylic acids is 2. The average molecular weight is 255 g/mol. The van der Waals surface area contributed by atoms with Crippen LogP contribution in [0.3, 0.4) is 0 Å². The van der Waals surface area contributed by atoms with Gasteiger partial charge in [0.2, 0.25) is 0 Å². The van der Waals surface area contributed by atoms with Crippen LogP contribution in [0.4, 0.5) is 0 Å². The topological polar surface area (TPSA) is 122 Å². The third kappa shape index (κ3) is 3.58. The summed E-state index contributed by atoms with van der Waals surface area (Å²) in [4.78, 5) is 33.0. The lowest BCUT2D eigenvalue weighted by molar-refractivity contribution is -0.140. The van der Waals surface area contributed by atoms with Crippen molar-refractivity contribution in [3.05, 3.63) is 18.0 Å². The maximum atomic E-state index is 11.7. The average Bonchev–Trinajstić information content (AvgIpc) is 2.69. The first kappa shape index (κ1) is 13.7. The molecule has 0 aliphatic heterocycles. The van der Waals surface area contributed by atoms with Gasteiger partial charge in [0, 0.05) is 19.7 Å². The molecular formula is C10H13N3O5. The SMILES string of the molecule is Cn1nccc1C(=O)NC(CCC(=O)O)C(=O)O. The summed E-state index contributed by atoms with van der Waals surface area (Å²) < 4.78 is 1.30. The minimum Gasteiger partial charge on any atom is -0.481 e. The summed E-state index contributed by atoms with van der Waals surface area (Å²) in [5, 5.41) is 23.4. The van der Waals surface area contributed by atoms with Crippen LogP contribution in [0, 0.1) is 0 Å². The van der Waals surface area contributed by atoms with Crippen LogP contribution in [0.5, 0.6) is 0 Å². The molecule has 0 aromatic carbocycles. The number of amides is 1. The highest BCUT2D eigenvalue weighted by molar-refractivity contribution is 5.95. The second-order valence-electron chi connectivity index (χ2n) is 3.64. The van der Waals surface area contributed by atoms with E-state index in [0.29, 0.717) is 0 Å². The van der Waals surface area contributed by atoms with Crippen molar-refractivity contribution >= 4 is 17.8 Å². The lowest BCUT2D eigenvalue weighted by atomic mass is 10.1. The molecule has 0 saturated heterocycles. The summed E-state index contributed by atoms with van der Waals surface area (Å²) in [5.41, 5.74) is 0.205. The third-order valence-corrected chi connectivity index (χ3v) is 2.30. The summed E-state index contributed by atoms with van der Waals surface area (Å²) in [6.45, 7) is 0. The normalized spacial score (nSPS) is 11.8. The molecule has 0 spiro atoms. The lowest BCUT2D eigenvalue weighted by Crippen LogP contribution is -2.41. The van der Waals surface area contributed by atoms with E-state index in [1.165, 1.54) is 16.9 Å². The van der Waals surface area contributed by atoms with E-state index in [9.17, 15) is 14.4 Å². The number of aromatic nitrogens is 2. The van der Waals surface area contributed by atoms with Gasteiger partial charge in [-0.2, -0.15) is 5.10 Å². The minimum atomic E-state index is -1.27. The van der Waals surface area contributed by atoms with Gasteiger partial charge in [0.05, 0.1) is 0 Å². The van der Waals surface area contributed by atoms with Crippen molar-refractivity contribution in [1.82, 2.24) is 15.1 Å². The monoisotopic (exact) mass is 255 g/mol. The fraction of sp³-hybridized carbons (Fsp3) is 0.400. The highest BCUT2D eigenvalue weighted by Crippen LogP contribution is 2.02. The molecule has 1 aromatic rings. The molecule has 0 radical (unpaired) electrons. The first-order valence-electron chi connectivity index (χ1n) is 5.15. The Hall–Kier alpha value is -2.38. The first-order valence-corrected chi connectivity index (χ1v) is 5.15. The molecular weight excluding hydrogens is 242 g/mol. The molecule has 3 N–H and O–H groups in total. The van der Waals surface area contributed by atoms with Gasteiger partial charge in [-0.05, 0) is 12.5 Å². The molecule has 8 heteroatoms. The molecule has 18 heavy (non-hydrogen) atoms. The zero-order chi connectivity index (χ0) is 13.7. The van der Waals surface area contributed by atoms with Crippen molar-refractivity contribution in [3.63, 3.8) is 0 Å². The fourth-order valence-electron chi connectivity index (χ4n) is 1.35. The van der Waals surface area contributed by atoms with Gasteiger partial charge in [-0.1, -0.05) is 0 Å². The fourth-order valence-corrected chi connectivity index (χ4v) is 1.35. The minimum absolute atomic E-state index is 0.172. The predicted octanol–water partition coefficient (Wildman–Crippen LogP) is -0.532. The molecule has 1 amide bonds. The van der Waals surface area contributed by atoms with E-state index in [1.807, 2.05) is 0 Å². The van der Waals surface area contributed by atoms with Crippen molar-refractivity contribution in [2.45, 2.75) is 18.9 Å². The van der Waals surface area contributed by atoms with Crippen LogP contribution in [-0.2, 0) is 16.6 Å². The number of carboxylic acid groups (broad SMARTS) is 2. The molecule has 0 aliphatic rings. The Labute approximate surface area is 102 Å². The summed E-state index contributed by atoms with van der Waals surface area (Å²) in [7, 11) is 1.54. The van der Waals surface area contributed by atoms with E-state index in [2.05, 4.69) is 10.4 Å². The Morgan fingerprint density at radius 3 is 2.56 bits per heavy atom. The number of aryl methyl sites for hydroxylation is 1. The number of carbonyl (C=O) groups is 3. The second-order valence-corrected chi connectivity index (χ2v) is 3.64. The number of aliphatic carboxylic acids is 2. The van der Waals surface area contributed by atoms with Gasteiger partial charge >= 0.3 is 11.9 Å². The molecule has 8 nitrogen and oxygen atoms in total. The highest BCUT2D eigenvalue weighted by atomic mass is 16.4. The van der Waals surface area contributed by atoms with E-state index in [0.717, 1.165) is 0 Å². The number of hydrogen-bond donors (Lipinski definition) is 3. The smallest absolute Gasteiger partial charge is 0.326 e. The number of nitrogens with zero attached hydrogens (tertiary/aromatic N) is 2. The molecule has 1 aromatic heterocycles. The third-order valence-electron chi connectivity index (χ3n) is 2.30. The van der Waals surface area contributed by atoms with Gasteiger partial charge in [-0.15, -0.1) is 0 Å². The van der Waals surface area contributed by atoms with Gasteiger partial charge in [-0.3, -0.25) is 14.3 Å². The molecule has 98 valence electrons. The standard InChI is InChI=1S/C10H13N3O5/c1-13-7(4-5-11-13)9(16)12-6(10(17)18)2-3-8(14)15/h4-6H,2-3H2,1H3,(H,12,16)(H,14,15)(H,17,18). The molecule has 0 fully saturated rings. The van der Waals surface area contributed by atoms with Crippen LogP contribution < -0.4 is 5.32 Å². The van der Waals surface area contributed by atoms with Gasteiger partial charge in [0.25, 0.3) is 5.91 Å².